The largest absolute Gasteiger partial charge is 0.371 e. The van der Waals surface area contributed by atoms with E-state index in [9.17, 15) is 4.79 Å². The molecule has 0 amide bonds. The van der Waals surface area contributed by atoms with Gasteiger partial charge in [0.05, 0.1) is 22.2 Å². The average molecular weight is 365 g/mol. The molecule has 3 rings (SSSR count). The molecule has 0 bridgehead atoms. The summed E-state index contributed by atoms with van der Waals surface area (Å²) in [6, 6.07) is 10.4. The number of hydrogen-bond acceptors (Lipinski definition) is 4. The van der Waals surface area contributed by atoms with Crippen LogP contribution in [0.4, 0.5) is 0 Å². The van der Waals surface area contributed by atoms with Crippen molar-refractivity contribution < 1.29 is 9.53 Å². The highest BCUT2D eigenvalue weighted by atomic mass is 32.2. The van der Waals surface area contributed by atoms with Crippen molar-refractivity contribution in [2.75, 3.05) is 12.5 Å². The van der Waals surface area contributed by atoms with Crippen LogP contribution in [0.3, 0.4) is 0 Å². The summed E-state index contributed by atoms with van der Waals surface area (Å²) in [4.78, 5) is 12.8. The number of Topliss-reactive ketones (excluding diaryl/α,β-unsaturated/α-hetero) is 1. The monoisotopic (exact) mass is 364 g/mol. The first-order chi connectivity index (χ1) is 11.3. The summed E-state index contributed by atoms with van der Waals surface area (Å²) < 4.78 is 6.07. The molecule has 0 spiro atoms. The van der Waals surface area contributed by atoms with Gasteiger partial charge in [-0.2, -0.15) is 11.8 Å². The normalized spacial score (nSPS) is 37.6. The fourth-order valence-corrected chi connectivity index (χ4v) is 8.04. The Kier molecular flexibility index (Phi) is 4.87. The Morgan fingerprint density at radius 1 is 1.12 bits per heavy atom. The van der Waals surface area contributed by atoms with Crippen LogP contribution in [0.15, 0.2) is 30.3 Å². The van der Waals surface area contributed by atoms with Gasteiger partial charge in [-0.15, -0.1) is 11.8 Å². The second kappa shape index (κ2) is 6.37. The Hall–Kier alpha value is -0.450. The van der Waals surface area contributed by atoms with Gasteiger partial charge in [-0.1, -0.05) is 44.2 Å². The molecule has 0 heterocycles. The Morgan fingerprint density at radius 3 is 2.38 bits per heavy atom. The average Bonchev–Trinajstić information content (AvgIpc) is 2.91. The van der Waals surface area contributed by atoms with Crippen LogP contribution in [-0.4, -0.2) is 33.9 Å². The van der Waals surface area contributed by atoms with Gasteiger partial charge in [0.2, 0.25) is 0 Å². The molecule has 4 atom stereocenters. The van der Waals surface area contributed by atoms with E-state index in [-0.39, 0.29) is 21.0 Å². The molecular formula is C20H28O2S2. The lowest BCUT2D eigenvalue weighted by atomic mass is 9.81. The van der Waals surface area contributed by atoms with Gasteiger partial charge in [0, 0.05) is 6.42 Å². The number of thioether (sulfide) groups is 2. The standard InChI is InChI=1S/C20H28O2S2/c1-18(2)12-15-11-16(21)19(3,23-4)20(15,24-5)17(18)22-13-14-9-7-6-8-10-14/h6-10,15,17H,11-13H2,1-5H3/t15-,17-,19?,20+/m0/s1. The van der Waals surface area contributed by atoms with Crippen LogP contribution in [0.25, 0.3) is 0 Å². The van der Waals surface area contributed by atoms with Crippen LogP contribution in [0.5, 0.6) is 0 Å². The number of carbonyl (C=O) groups excluding carboxylic acids is 1. The highest BCUT2D eigenvalue weighted by Crippen LogP contribution is 2.67. The van der Waals surface area contributed by atoms with Gasteiger partial charge in [-0.25, -0.2) is 0 Å². The molecule has 2 saturated carbocycles. The first-order valence-electron chi connectivity index (χ1n) is 8.61. The molecular weight excluding hydrogens is 336 g/mol. The molecule has 0 saturated heterocycles. The Labute approximate surface area is 154 Å². The van der Waals surface area contributed by atoms with Crippen LogP contribution in [-0.2, 0) is 16.1 Å². The zero-order valence-electron chi connectivity index (χ0n) is 15.3. The lowest BCUT2D eigenvalue weighted by Crippen LogP contribution is -2.57. The zero-order valence-corrected chi connectivity index (χ0v) is 16.9. The van der Waals surface area contributed by atoms with E-state index in [1.165, 1.54) is 5.56 Å². The number of rotatable bonds is 5. The Bertz CT molecular complexity index is 615. The highest BCUT2D eigenvalue weighted by molar-refractivity contribution is 8.04. The van der Waals surface area contributed by atoms with Crippen LogP contribution in [0, 0.1) is 11.3 Å². The fraction of sp³-hybridized carbons (Fsp3) is 0.650. The molecule has 0 aliphatic heterocycles. The van der Waals surface area contributed by atoms with Gasteiger partial charge < -0.3 is 4.74 Å². The Morgan fingerprint density at radius 2 is 1.79 bits per heavy atom. The van der Waals surface area contributed by atoms with Gasteiger partial charge in [-0.05, 0) is 42.8 Å². The van der Waals surface area contributed by atoms with Gasteiger partial charge in [0.15, 0.2) is 0 Å². The molecule has 2 nitrogen and oxygen atoms in total. The van der Waals surface area contributed by atoms with E-state index in [0.29, 0.717) is 24.7 Å². The third kappa shape index (κ3) is 2.48. The minimum Gasteiger partial charge on any atom is -0.371 e. The molecule has 132 valence electrons. The molecule has 1 aromatic rings. The summed E-state index contributed by atoms with van der Waals surface area (Å²) in [7, 11) is 0. The molecule has 2 fully saturated rings. The van der Waals surface area contributed by atoms with Crippen molar-refractivity contribution in [3.05, 3.63) is 35.9 Å². The first-order valence-corrected chi connectivity index (χ1v) is 11.1. The lowest BCUT2D eigenvalue weighted by molar-refractivity contribution is -0.121. The third-order valence-electron chi connectivity index (χ3n) is 6.19. The molecule has 0 aromatic heterocycles. The maximum Gasteiger partial charge on any atom is 0.150 e. The molecule has 2 aliphatic rings. The third-order valence-corrected chi connectivity index (χ3v) is 9.34. The van der Waals surface area contributed by atoms with E-state index < -0.39 is 0 Å². The van der Waals surface area contributed by atoms with E-state index in [4.69, 9.17) is 4.74 Å². The van der Waals surface area contributed by atoms with Crippen molar-refractivity contribution in [3.8, 4) is 0 Å². The van der Waals surface area contributed by atoms with Crippen molar-refractivity contribution in [2.45, 2.75) is 55.8 Å². The van der Waals surface area contributed by atoms with Crippen LogP contribution >= 0.6 is 23.5 Å². The van der Waals surface area contributed by atoms with Gasteiger partial charge in [0.1, 0.15) is 5.78 Å². The van der Waals surface area contributed by atoms with Gasteiger partial charge in [-0.3, -0.25) is 4.79 Å². The minimum atomic E-state index is -0.369. The number of carbonyl (C=O) groups is 1. The molecule has 4 heteroatoms. The summed E-state index contributed by atoms with van der Waals surface area (Å²) >= 11 is 3.58. The van der Waals surface area contributed by atoms with E-state index >= 15 is 0 Å². The smallest absolute Gasteiger partial charge is 0.150 e. The predicted molar refractivity (Wildman–Crippen MR) is 105 cm³/mol. The van der Waals surface area contributed by atoms with Crippen molar-refractivity contribution in [3.63, 3.8) is 0 Å². The zero-order chi connectivity index (χ0) is 17.6. The molecule has 0 radical (unpaired) electrons. The number of fused-ring (bicyclic) bond motifs is 1. The van der Waals surface area contributed by atoms with Crippen LogP contribution < -0.4 is 0 Å². The van der Waals surface area contributed by atoms with Crippen molar-refractivity contribution in [1.82, 2.24) is 0 Å². The second-order valence-electron chi connectivity index (χ2n) is 7.93. The second-order valence-corrected chi connectivity index (χ2v) is 10.2. The van der Waals surface area contributed by atoms with Crippen LogP contribution in [0.2, 0.25) is 0 Å². The highest BCUT2D eigenvalue weighted by Gasteiger charge is 2.72. The SMILES string of the molecule is CSC1(C)C(=O)C[C@H]2CC(C)(C)[C@H](OCc3ccccc3)[C@]21SC. The van der Waals surface area contributed by atoms with E-state index in [1.54, 1.807) is 11.8 Å². The summed E-state index contributed by atoms with van der Waals surface area (Å²) in [5.74, 6) is 0.811. The molecule has 2 aliphatic carbocycles. The molecule has 1 unspecified atom stereocenters. The van der Waals surface area contributed by atoms with Crippen molar-refractivity contribution >= 4 is 29.3 Å². The molecule has 0 N–H and O–H groups in total. The number of hydrogen-bond donors (Lipinski definition) is 0. The van der Waals surface area contributed by atoms with E-state index in [0.717, 1.165) is 6.42 Å². The maximum atomic E-state index is 12.8. The summed E-state index contributed by atoms with van der Waals surface area (Å²) in [5.41, 5.74) is 1.28. The predicted octanol–water partition coefficient (Wildman–Crippen LogP) is 4.81. The maximum absolute atomic E-state index is 12.8. The van der Waals surface area contributed by atoms with Crippen molar-refractivity contribution in [1.29, 1.82) is 0 Å². The Balaban J connectivity index is 1.96. The number of ketones is 1. The summed E-state index contributed by atoms with van der Waals surface area (Å²) in [5, 5.41) is 0. The number of benzene rings is 1. The number of ether oxygens (including phenoxy) is 1. The minimum absolute atomic E-state index is 0.0779. The molecule has 1 aromatic carbocycles. The quantitative estimate of drug-likeness (QED) is 0.749. The van der Waals surface area contributed by atoms with Gasteiger partial charge >= 0.3 is 0 Å². The molecule has 24 heavy (non-hydrogen) atoms. The van der Waals surface area contributed by atoms with E-state index in [2.05, 4.69) is 57.5 Å². The van der Waals surface area contributed by atoms with E-state index in [1.807, 2.05) is 17.8 Å². The topological polar surface area (TPSA) is 26.3 Å². The first kappa shape index (κ1) is 18.3. The summed E-state index contributed by atoms with van der Waals surface area (Å²) in [6.45, 7) is 7.38. The van der Waals surface area contributed by atoms with Gasteiger partial charge in [0.25, 0.3) is 0 Å². The van der Waals surface area contributed by atoms with Crippen LogP contribution in [0.1, 0.15) is 39.2 Å². The fourth-order valence-electron chi connectivity index (χ4n) is 5.03. The lowest BCUT2D eigenvalue weighted by Gasteiger charge is -2.47. The summed E-state index contributed by atoms with van der Waals surface area (Å²) in [6.07, 6.45) is 6.09. The van der Waals surface area contributed by atoms with Crippen molar-refractivity contribution in [2.24, 2.45) is 11.3 Å².